The Hall–Kier alpha value is -2.66. The number of ketones is 1. The molecule has 0 radical (unpaired) electrons. The highest BCUT2D eigenvalue weighted by molar-refractivity contribution is 6.11. The Bertz CT molecular complexity index is 685. The SMILES string of the molecule is CCCCCCc1cccc(O)c1C(=O)c1ccccc1.CCNCC.O=CO. The van der Waals surface area contributed by atoms with Crippen molar-refractivity contribution < 1.29 is 19.8 Å². The number of carbonyl (C=O) groups excluding carboxylic acids is 1. The maximum atomic E-state index is 12.6. The molecule has 2 aromatic carbocycles. The molecule has 3 N–H and O–H groups in total. The van der Waals surface area contributed by atoms with E-state index < -0.39 is 0 Å². The zero-order valence-electron chi connectivity index (χ0n) is 17.9. The number of carbonyl (C=O) groups is 2. The van der Waals surface area contributed by atoms with Crippen LogP contribution in [0.3, 0.4) is 0 Å². The van der Waals surface area contributed by atoms with E-state index in [1.807, 2.05) is 30.3 Å². The zero-order valence-corrected chi connectivity index (χ0v) is 17.9. The van der Waals surface area contributed by atoms with Crippen LogP contribution >= 0.6 is 0 Å². The number of hydrogen-bond donors (Lipinski definition) is 3. The summed E-state index contributed by atoms with van der Waals surface area (Å²) in [4.78, 5) is 21.0. The lowest BCUT2D eigenvalue weighted by Crippen LogP contribution is -2.09. The van der Waals surface area contributed by atoms with Gasteiger partial charge in [-0.25, -0.2) is 0 Å². The van der Waals surface area contributed by atoms with Crippen molar-refractivity contribution in [2.75, 3.05) is 13.1 Å². The molecule has 0 saturated carbocycles. The molecule has 0 spiro atoms. The predicted molar refractivity (Wildman–Crippen MR) is 119 cm³/mol. The number of aryl methyl sites for hydroxylation is 1. The van der Waals surface area contributed by atoms with Gasteiger partial charge in [0.2, 0.25) is 0 Å². The second-order valence-corrected chi connectivity index (χ2v) is 6.38. The highest BCUT2D eigenvalue weighted by Gasteiger charge is 2.17. The van der Waals surface area contributed by atoms with Gasteiger partial charge in [-0.3, -0.25) is 9.59 Å². The second kappa shape index (κ2) is 17.4. The maximum Gasteiger partial charge on any atom is 0.290 e. The van der Waals surface area contributed by atoms with Crippen molar-refractivity contribution in [2.24, 2.45) is 0 Å². The van der Waals surface area contributed by atoms with Gasteiger partial charge in [-0.05, 0) is 37.6 Å². The molecule has 0 fully saturated rings. The molecule has 0 unspecified atom stereocenters. The molecule has 0 atom stereocenters. The van der Waals surface area contributed by atoms with E-state index in [2.05, 4.69) is 26.1 Å². The Balaban J connectivity index is 0.000000838. The van der Waals surface area contributed by atoms with Crippen LogP contribution in [-0.4, -0.2) is 35.6 Å². The van der Waals surface area contributed by atoms with Crippen molar-refractivity contribution in [1.29, 1.82) is 0 Å². The normalized spacial score (nSPS) is 9.48. The monoisotopic (exact) mass is 401 g/mol. The van der Waals surface area contributed by atoms with Gasteiger partial charge < -0.3 is 15.5 Å². The summed E-state index contributed by atoms with van der Waals surface area (Å²) in [5, 5.41) is 20.1. The van der Waals surface area contributed by atoms with E-state index in [4.69, 9.17) is 9.90 Å². The molecule has 2 rings (SSSR count). The third-order valence-electron chi connectivity index (χ3n) is 4.19. The molecular formula is C24H35NO4. The lowest BCUT2D eigenvalue weighted by atomic mass is 9.94. The Kier molecular flexibility index (Phi) is 15.8. The number of rotatable bonds is 9. The van der Waals surface area contributed by atoms with Gasteiger partial charge in [-0.15, -0.1) is 0 Å². The highest BCUT2D eigenvalue weighted by atomic mass is 16.3. The average molecular weight is 402 g/mol. The van der Waals surface area contributed by atoms with Crippen molar-refractivity contribution in [1.82, 2.24) is 5.32 Å². The van der Waals surface area contributed by atoms with Gasteiger partial charge >= 0.3 is 0 Å². The molecule has 160 valence electrons. The molecule has 0 aliphatic heterocycles. The van der Waals surface area contributed by atoms with Gasteiger partial charge in [-0.1, -0.05) is 82.5 Å². The number of benzene rings is 2. The summed E-state index contributed by atoms with van der Waals surface area (Å²) >= 11 is 0. The third-order valence-corrected chi connectivity index (χ3v) is 4.19. The van der Waals surface area contributed by atoms with Crippen molar-refractivity contribution in [3.8, 4) is 5.75 Å². The third kappa shape index (κ3) is 11.1. The summed E-state index contributed by atoms with van der Waals surface area (Å²) in [6, 6.07) is 14.5. The van der Waals surface area contributed by atoms with Gasteiger partial charge in [0, 0.05) is 5.56 Å². The van der Waals surface area contributed by atoms with Crippen LogP contribution in [-0.2, 0) is 11.2 Å². The molecule has 5 heteroatoms. The lowest BCUT2D eigenvalue weighted by molar-refractivity contribution is -0.122. The first-order valence-corrected chi connectivity index (χ1v) is 10.3. The quantitative estimate of drug-likeness (QED) is 0.310. The van der Waals surface area contributed by atoms with Crippen LogP contribution in [0.4, 0.5) is 0 Å². The number of unbranched alkanes of at least 4 members (excludes halogenated alkanes) is 3. The van der Waals surface area contributed by atoms with E-state index in [0.29, 0.717) is 11.1 Å². The van der Waals surface area contributed by atoms with Crippen LogP contribution in [0.15, 0.2) is 48.5 Å². The first kappa shape index (κ1) is 26.3. The number of hydrogen-bond acceptors (Lipinski definition) is 4. The minimum atomic E-state index is -0.250. The number of nitrogens with one attached hydrogen (secondary N) is 1. The van der Waals surface area contributed by atoms with Crippen molar-refractivity contribution in [3.63, 3.8) is 0 Å². The first-order chi connectivity index (χ1) is 14.1. The summed E-state index contributed by atoms with van der Waals surface area (Å²) in [5.41, 5.74) is 2.02. The van der Waals surface area contributed by atoms with Crippen LogP contribution in [0.25, 0.3) is 0 Å². The Morgan fingerprint density at radius 1 is 0.931 bits per heavy atom. The molecule has 0 amide bonds. The summed E-state index contributed by atoms with van der Waals surface area (Å²) in [6.07, 6.45) is 5.44. The number of carboxylic acid groups (broad SMARTS) is 1. The van der Waals surface area contributed by atoms with Crippen molar-refractivity contribution >= 4 is 12.3 Å². The van der Waals surface area contributed by atoms with E-state index in [0.717, 1.165) is 37.9 Å². The van der Waals surface area contributed by atoms with E-state index in [1.54, 1.807) is 18.2 Å². The maximum absolute atomic E-state index is 12.6. The number of aromatic hydroxyl groups is 1. The topological polar surface area (TPSA) is 86.6 Å². The Morgan fingerprint density at radius 2 is 1.55 bits per heavy atom. The fourth-order valence-electron chi connectivity index (χ4n) is 2.78. The van der Waals surface area contributed by atoms with Crippen LogP contribution < -0.4 is 5.32 Å². The Morgan fingerprint density at radius 3 is 2.07 bits per heavy atom. The van der Waals surface area contributed by atoms with Crippen LogP contribution in [0, 0.1) is 0 Å². The summed E-state index contributed by atoms with van der Waals surface area (Å²) in [6.45, 7) is 8.32. The summed E-state index contributed by atoms with van der Waals surface area (Å²) in [5.74, 6) is -0.0176. The van der Waals surface area contributed by atoms with E-state index in [1.165, 1.54) is 12.8 Å². The van der Waals surface area contributed by atoms with E-state index in [-0.39, 0.29) is 18.0 Å². The zero-order chi connectivity index (χ0) is 21.9. The molecule has 29 heavy (non-hydrogen) atoms. The number of phenols is 1. The van der Waals surface area contributed by atoms with E-state index in [9.17, 15) is 9.90 Å². The molecule has 5 nitrogen and oxygen atoms in total. The first-order valence-electron chi connectivity index (χ1n) is 10.3. The fourth-order valence-corrected chi connectivity index (χ4v) is 2.78. The van der Waals surface area contributed by atoms with Gasteiger partial charge in [0.1, 0.15) is 5.75 Å². The van der Waals surface area contributed by atoms with Gasteiger partial charge in [0.25, 0.3) is 6.47 Å². The van der Waals surface area contributed by atoms with Crippen LogP contribution in [0.2, 0.25) is 0 Å². The number of phenolic OH excluding ortho intramolecular Hbond substituents is 1. The fraction of sp³-hybridized carbons (Fsp3) is 0.417. The highest BCUT2D eigenvalue weighted by Crippen LogP contribution is 2.26. The van der Waals surface area contributed by atoms with Crippen LogP contribution in [0.1, 0.15) is 67.9 Å². The summed E-state index contributed by atoms with van der Waals surface area (Å²) < 4.78 is 0. The van der Waals surface area contributed by atoms with Crippen LogP contribution in [0.5, 0.6) is 5.75 Å². The largest absolute Gasteiger partial charge is 0.507 e. The second-order valence-electron chi connectivity index (χ2n) is 6.38. The standard InChI is InChI=1S/C19H22O2.C4H11N.CH2O2/c1-2-3-4-6-10-15-13-9-14-17(20)18(15)19(21)16-11-7-5-8-12-16;1-3-5-4-2;2-1-3/h5,7-9,11-14,20H,2-4,6,10H2,1H3;5H,3-4H2,1-2H3;1H,(H,2,3). The van der Waals surface area contributed by atoms with E-state index >= 15 is 0 Å². The van der Waals surface area contributed by atoms with Crippen molar-refractivity contribution in [3.05, 3.63) is 65.2 Å². The smallest absolute Gasteiger partial charge is 0.290 e. The molecule has 0 aliphatic carbocycles. The molecule has 0 saturated heterocycles. The molecule has 0 aromatic heterocycles. The molecule has 0 aliphatic rings. The average Bonchev–Trinajstić information content (AvgIpc) is 2.73. The molecular weight excluding hydrogens is 366 g/mol. The van der Waals surface area contributed by atoms with Gasteiger partial charge in [-0.2, -0.15) is 0 Å². The predicted octanol–water partition coefficient (Wildman–Crippen LogP) is 5.06. The minimum absolute atomic E-state index is 0.0804. The molecule has 0 bridgehead atoms. The lowest BCUT2D eigenvalue weighted by Gasteiger charge is -2.11. The summed E-state index contributed by atoms with van der Waals surface area (Å²) in [7, 11) is 0. The minimum Gasteiger partial charge on any atom is -0.507 e. The Labute approximate surface area is 174 Å². The van der Waals surface area contributed by atoms with Gasteiger partial charge in [0.05, 0.1) is 5.56 Å². The van der Waals surface area contributed by atoms with Gasteiger partial charge in [0.15, 0.2) is 5.78 Å². The molecule has 2 aromatic rings. The van der Waals surface area contributed by atoms with Crippen molar-refractivity contribution in [2.45, 2.75) is 52.9 Å². The molecule has 0 heterocycles.